The fraction of sp³-hybridized carbons (Fsp3) is 0.105. The number of H-pyrrole nitrogens is 1. The number of aromatic nitrogens is 6. The van der Waals surface area contributed by atoms with Crippen molar-refractivity contribution < 1.29 is 14.2 Å². The zero-order valence-corrected chi connectivity index (χ0v) is 15.5. The molecule has 0 aliphatic carbocycles. The lowest BCUT2D eigenvalue weighted by molar-refractivity contribution is 0.372. The van der Waals surface area contributed by atoms with E-state index >= 15 is 0 Å². The van der Waals surface area contributed by atoms with Crippen molar-refractivity contribution in [3.8, 4) is 22.8 Å². The Bertz CT molecular complexity index is 1320. The van der Waals surface area contributed by atoms with E-state index in [0.29, 0.717) is 22.4 Å². The second-order valence-electron chi connectivity index (χ2n) is 6.60. The van der Waals surface area contributed by atoms with Gasteiger partial charge in [-0.3, -0.25) is 4.79 Å². The van der Waals surface area contributed by atoms with E-state index in [1.807, 2.05) is 0 Å². The molecule has 0 spiro atoms. The first-order valence-corrected chi connectivity index (χ1v) is 8.87. The predicted molar refractivity (Wildman–Crippen MR) is 103 cm³/mol. The number of anilines is 2. The molecule has 0 saturated heterocycles. The SMILES string of the molecule is COc1cc(C2c3c(-c4ccc(F)cc4)n[nH]c(=O)c3Nc3nnnn32)ccc1O. The minimum Gasteiger partial charge on any atom is -0.504 e. The number of hydrogen-bond donors (Lipinski definition) is 3. The molecule has 4 aromatic rings. The molecule has 1 unspecified atom stereocenters. The highest BCUT2D eigenvalue weighted by Gasteiger charge is 2.34. The molecule has 0 saturated carbocycles. The van der Waals surface area contributed by atoms with Gasteiger partial charge >= 0.3 is 0 Å². The summed E-state index contributed by atoms with van der Waals surface area (Å²) < 4.78 is 20.2. The molecule has 10 nitrogen and oxygen atoms in total. The number of halogens is 1. The van der Waals surface area contributed by atoms with Crippen LogP contribution in [0.5, 0.6) is 11.5 Å². The molecule has 5 rings (SSSR count). The second-order valence-corrected chi connectivity index (χ2v) is 6.60. The Hall–Kier alpha value is -4.28. The van der Waals surface area contributed by atoms with Gasteiger partial charge in [-0.15, -0.1) is 0 Å². The summed E-state index contributed by atoms with van der Waals surface area (Å²) >= 11 is 0. The van der Waals surface area contributed by atoms with Crippen LogP contribution in [-0.2, 0) is 0 Å². The maximum absolute atomic E-state index is 13.5. The largest absolute Gasteiger partial charge is 0.504 e. The Balaban J connectivity index is 1.81. The van der Waals surface area contributed by atoms with E-state index in [2.05, 4.69) is 31.0 Å². The number of ether oxygens (including phenoxy) is 1. The number of aromatic hydroxyl groups is 1. The van der Waals surface area contributed by atoms with E-state index in [1.165, 1.54) is 30.0 Å². The highest BCUT2D eigenvalue weighted by Crippen LogP contribution is 2.42. The summed E-state index contributed by atoms with van der Waals surface area (Å²) in [4.78, 5) is 12.6. The van der Waals surface area contributed by atoms with E-state index in [-0.39, 0.29) is 23.1 Å². The second kappa shape index (κ2) is 6.65. The average molecular weight is 407 g/mol. The number of rotatable bonds is 3. The van der Waals surface area contributed by atoms with Crippen LogP contribution < -0.4 is 15.6 Å². The van der Waals surface area contributed by atoms with Crippen molar-refractivity contribution in [2.45, 2.75) is 6.04 Å². The van der Waals surface area contributed by atoms with Gasteiger partial charge in [-0.1, -0.05) is 11.2 Å². The van der Waals surface area contributed by atoms with Gasteiger partial charge < -0.3 is 15.2 Å². The minimum absolute atomic E-state index is 0.0323. The number of phenols is 1. The number of phenolic OH excluding ortho intramolecular Hbond substituents is 1. The molecule has 0 radical (unpaired) electrons. The molecule has 3 heterocycles. The third-order valence-corrected chi connectivity index (χ3v) is 4.91. The van der Waals surface area contributed by atoms with Gasteiger partial charge in [0, 0.05) is 11.1 Å². The predicted octanol–water partition coefficient (Wildman–Crippen LogP) is 1.97. The van der Waals surface area contributed by atoms with E-state index in [9.17, 15) is 14.3 Å². The van der Waals surface area contributed by atoms with Crippen LogP contribution in [0.1, 0.15) is 17.2 Å². The lowest BCUT2D eigenvalue weighted by Crippen LogP contribution is -2.29. The van der Waals surface area contributed by atoms with Crippen LogP contribution in [0.15, 0.2) is 47.3 Å². The number of methoxy groups -OCH3 is 1. The molecule has 3 N–H and O–H groups in total. The van der Waals surface area contributed by atoms with Gasteiger partial charge in [-0.25, -0.2) is 9.49 Å². The third kappa shape index (κ3) is 2.67. The van der Waals surface area contributed by atoms with Crippen molar-refractivity contribution >= 4 is 11.6 Å². The van der Waals surface area contributed by atoms with Crippen LogP contribution in [0.2, 0.25) is 0 Å². The third-order valence-electron chi connectivity index (χ3n) is 4.91. The van der Waals surface area contributed by atoms with Gasteiger partial charge in [0.25, 0.3) is 5.56 Å². The van der Waals surface area contributed by atoms with E-state index in [4.69, 9.17) is 4.74 Å². The van der Waals surface area contributed by atoms with Crippen molar-refractivity contribution in [3.63, 3.8) is 0 Å². The van der Waals surface area contributed by atoms with Crippen LogP contribution in [0.3, 0.4) is 0 Å². The maximum Gasteiger partial charge on any atom is 0.288 e. The highest BCUT2D eigenvalue weighted by atomic mass is 19.1. The van der Waals surface area contributed by atoms with Crippen molar-refractivity contribution in [3.05, 3.63) is 69.8 Å². The highest BCUT2D eigenvalue weighted by molar-refractivity contribution is 5.75. The number of hydrogen-bond acceptors (Lipinski definition) is 8. The minimum atomic E-state index is -0.657. The van der Waals surface area contributed by atoms with Crippen molar-refractivity contribution in [2.24, 2.45) is 0 Å². The lowest BCUT2D eigenvalue weighted by Gasteiger charge is -2.28. The average Bonchev–Trinajstić information content (AvgIpc) is 3.22. The summed E-state index contributed by atoms with van der Waals surface area (Å²) in [7, 11) is 1.44. The number of nitrogens with zero attached hydrogens (tertiary/aromatic N) is 5. The van der Waals surface area contributed by atoms with Crippen molar-refractivity contribution in [1.82, 2.24) is 30.4 Å². The zero-order chi connectivity index (χ0) is 20.8. The summed E-state index contributed by atoms with van der Waals surface area (Å²) in [5.74, 6) is 0.0949. The lowest BCUT2D eigenvalue weighted by atomic mass is 9.92. The van der Waals surface area contributed by atoms with Crippen LogP contribution in [-0.4, -0.2) is 42.6 Å². The molecule has 1 aliphatic heterocycles. The summed E-state index contributed by atoms with van der Waals surface area (Å²) in [5.41, 5.74) is 1.94. The van der Waals surface area contributed by atoms with Crippen LogP contribution in [0.4, 0.5) is 16.0 Å². The maximum atomic E-state index is 13.5. The van der Waals surface area contributed by atoms with Gasteiger partial charge in [0.15, 0.2) is 11.5 Å². The van der Waals surface area contributed by atoms with Gasteiger partial charge in [0.05, 0.1) is 12.8 Å². The molecule has 2 aromatic heterocycles. The van der Waals surface area contributed by atoms with Gasteiger partial charge in [0.2, 0.25) is 5.95 Å². The molecule has 0 bridgehead atoms. The topological polar surface area (TPSA) is 131 Å². The van der Waals surface area contributed by atoms with Crippen LogP contribution >= 0.6 is 0 Å². The number of benzene rings is 2. The van der Waals surface area contributed by atoms with Crippen molar-refractivity contribution in [2.75, 3.05) is 12.4 Å². The molecular weight excluding hydrogens is 393 g/mol. The fourth-order valence-electron chi connectivity index (χ4n) is 3.54. The first kappa shape index (κ1) is 17.8. The van der Waals surface area contributed by atoms with Gasteiger partial charge in [-0.05, 0) is 52.4 Å². The van der Waals surface area contributed by atoms with E-state index < -0.39 is 17.4 Å². The molecular formula is C19H14FN7O3. The summed E-state index contributed by atoms with van der Waals surface area (Å²) in [6.45, 7) is 0. The number of nitrogens with one attached hydrogen (secondary N) is 2. The Labute approximate surface area is 168 Å². The van der Waals surface area contributed by atoms with Crippen LogP contribution in [0.25, 0.3) is 11.3 Å². The van der Waals surface area contributed by atoms with Crippen LogP contribution in [0, 0.1) is 5.82 Å². The molecule has 1 atom stereocenters. The monoisotopic (exact) mass is 407 g/mol. The quantitative estimate of drug-likeness (QED) is 0.414. The Morgan fingerprint density at radius 3 is 2.77 bits per heavy atom. The Morgan fingerprint density at radius 1 is 1.20 bits per heavy atom. The number of tetrazole rings is 1. The smallest absolute Gasteiger partial charge is 0.288 e. The molecule has 0 amide bonds. The standard InChI is InChI=1S/C19H14FN7O3/c1-30-13-8-10(4-7-12(13)28)17-14-15(9-2-5-11(20)6-3-9)22-23-18(29)16(14)21-19-24-25-26-27(17)19/h2-8,17,28H,1H3,(H,23,29)(H,21,24,26). The van der Waals surface area contributed by atoms with E-state index in [1.54, 1.807) is 24.3 Å². The Morgan fingerprint density at radius 2 is 2.00 bits per heavy atom. The first-order chi connectivity index (χ1) is 14.6. The van der Waals surface area contributed by atoms with E-state index in [0.717, 1.165) is 0 Å². The normalized spacial score (nSPS) is 14.5. The molecule has 0 fully saturated rings. The summed E-state index contributed by atoms with van der Waals surface area (Å²) in [5, 5.41) is 31.3. The molecule has 2 aromatic carbocycles. The summed E-state index contributed by atoms with van der Waals surface area (Å²) in [6, 6.07) is 9.90. The number of fused-ring (bicyclic) bond motifs is 2. The van der Waals surface area contributed by atoms with Gasteiger partial charge in [-0.2, -0.15) is 9.78 Å². The Kier molecular flexibility index (Phi) is 3.95. The molecule has 1 aliphatic rings. The first-order valence-electron chi connectivity index (χ1n) is 8.87. The van der Waals surface area contributed by atoms with Gasteiger partial charge in [0.1, 0.15) is 17.5 Å². The number of aromatic amines is 1. The molecule has 150 valence electrons. The van der Waals surface area contributed by atoms with Crippen molar-refractivity contribution in [1.29, 1.82) is 0 Å². The molecule has 30 heavy (non-hydrogen) atoms. The zero-order valence-electron chi connectivity index (χ0n) is 15.5. The molecule has 11 heteroatoms. The summed E-state index contributed by atoms with van der Waals surface area (Å²) in [6.07, 6.45) is 0. The fourth-order valence-corrected chi connectivity index (χ4v) is 3.54.